The van der Waals surface area contributed by atoms with Crippen LogP contribution in [-0.4, -0.2) is 54.0 Å². The fourth-order valence-electron chi connectivity index (χ4n) is 0.989. The molecule has 5 N–H and O–H groups in total. The minimum atomic E-state index is -1.09. The molecule has 0 spiro atoms. The van der Waals surface area contributed by atoms with Crippen LogP contribution in [0.15, 0.2) is 0 Å². The lowest BCUT2D eigenvalue weighted by Gasteiger charge is -2.14. The second-order valence-electron chi connectivity index (χ2n) is 3.22. The number of thioether (sulfide) groups is 1. The molecule has 0 rings (SSSR count). The number of carbonyl (C=O) groups is 3. The molecule has 0 aromatic carbocycles. The minimum Gasteiger partial charge on any atom is -0.480 e. The lowest BCUT2D eigenvalue weighted by Crippen LogP contribution is -2.46. The summed E-state index contributed by atoms with van der Waals surface area (Å²) >= 11 is 1.50. The Morgan fingerprint density at radius 2 is 2.00 bits per heavy atom. The predicted molar refractivity (Wildman–Crippen MR) is 64.6 cm³/mol. The Hall–Kier alpha value is -1.28. The zero-order chi connectivity index (χ0) is 13.3. The molecule has 0 aliphatic rings. The van der Waals surface area contributed by atoms with Gasteiger partial charge in [-0.1, -0.05) is 0 Å². The molecule has 0 aromatic heterocycles. The van der Waals surface area contributed by atoms with Crippen molar-refractivity contribution in [2.45, 2.75) is 12.5 Å². The van der Waals surface area contributed by atoms with Crippen molar-refractivity contribution >= 4 is 29.5 Å². The van der Waals surface area contributed by atoms with Crippen molar-refractivity contribution in [1.82, 2.24) is 10.6 Å². The van der Waals surface area contributed by atoms with Crippen LogP contribution >= 0.6 is 11.8 Å². The highest BCUT2D eigenvalue weighted by molar-refractivity contribution is 7.98. The molecule has 8 heteroatoms. The maximum Gasteiger partial charge on any atom is 0.326 e. The number of hydrogen-bond acceptors (Lipinski definition) is 5. The third-order valence-electron chi connectivity index (χ3n) is 1.88. The van der Waals surface area contributed by atoms with Gasteiger partial charge in [0.05, 0.1) is 13.1 Å². The maximum absolute atomic E-state index is 11.3. The molecule has 1 unspecified atom stereocenters. The van der Waals surface area contributed by atoms with Gasteiger partial charge in [0, 0.05) is 0 Å². The van der Waals surface area contributed by atoms with E-state index in [1.54, 1.807) is 0 Å². The van der Waals surface area contributed by atoms with Crippen molar-refractivity contribution in [2.75, 3.05) is 25.1 Å². The van der Waals surface area contributed by atoms with Crippen molar-refractivity contribution in [3.8, 4) is 0 Å². The van der Waals surface area contributed by atoms with Crippen molar-refractivity contribution in [3.05, 3.63) is 0 Å². The van der Waals surface area contributed by atoms with Gasteiger partial charge in [0.15, 0.2) is 0 Å². The van der Waals surface area contributed by atoms with Gasteiger partial charge in [-0.2, -0.15) is 11.8 Å². The number of carboxylic acids is 1. The molecule has 2 amide bonds. The number of nitrogens with one attached hydrogen (secondary N) is 2. The lowest BCUT2D eigenvalue weighted by molar-refractivity contribution is -0.141. The number of rotatable bonds is 8. The van der Waals surface area contributed by atoms with E-state index in [1.165, 1.54) is 11.8 Å². The normalized spacial score (nSPS) is 11.6. The van der Waals surface area contributed by atoms with E-state index in [0.717, 1.165) is 0 Å². The molecule has 0 radical (unpaired) electrons. The summed E-state index contributed by atoms with van der Waals surface area (Å²) in [5.41, 5.74) is 5.03. The fourth-order valence-corrected chi connectivity index (χ4v) is 1.46. The van der Waals surface area contributed by atoms with Crippen LogP contribution in [0.2, 0.25) is 0 Å². The van der Waals surface area contributed by atoms with Gasteiger partial charge in [-0.25, -0.2) is 4.79 Å². The summed E-state index contributed by atoms with van der Waals surface area (Å²) in [4.78, 5) is 32.9. The van der Waals surface area contributed by atoms with Gasteiger partial charge in [0.25, 0.3) is 0 Å². The van der Waals surface area contributed by atoms with Crippen molar-refractivity contribution < 1.29 is 19.5 Å². The fraction of sp³-hybridized carbons (Fsp3) is 0.667. The van der Waals surface area contributed by atoms with E-state index in [9.17, 15) is 14.4 Å². The first-order chi connectivity index (χ1) is 8.01. The van der Waals surface area contributed by atoms with Crippen LogP contribution in [0.25, 0.3) is 0 Å². The molecule has 0 fully saturated rings. The van der Waals surface area contributed by atoms with Gasteiger partial charge in [-0.3, -0.25) is 9.59 Å². The lowest BCUT2D eigenvalue weighted by atomic mass is 10.2. The number of amides is 2. The standard InChI is InChI=1S/C9H17N3O4S/c1-17-3-2-6(9(15)16)12-8(14)5-11-7(13)4-10/h6H,2-5,10H2,1H3,(H,11,13)(H,12,14)(H,15,16). The first-order valence-corrected chi connectivity index (χ1v) is 6.38. The first kappa shape index (κ1) is 15.7. The first-order valence-electron chi connectivity index (χ1n) is 4.99. The van der Waals surface area contributed by atoms with Gasteiger partial charge >= 0.3 is 5.97 Å². The SMILES string of the molecule is CSCCC(NC(=O)CNC(=O)CN)C(=O)O. The van der Waals surface area contributed by atoms with Crippen LogP contribution < -0.4 is 16.4 Å². The highest BCUT2D eigenvalue weighted by Gasteiger charge is 2.19. The minimum absolute atomic E-state index is 0.206. The number of nitrogens with two attached hydrogens (primary N) is 1. The highest BCUT2D eigenvalue weighted by atomic mass is 32.2. The molecule has 0 bridgehead atoms. The van der Waals surface area contributed by atoms with E-state index >= 15 is 0 Å². The van der Waals surface area contributed by atoms with E-state index in [4.69, 9.17) is 10.8 Å². The average molecular weight is 263 g/mol. The molecule has 0 aliphatic carbocycles. The Bertz CT molecular complexity index is 285. The zero-order valence-electron chi connectivity index (χ0n) is 9.56. The molecular formula is C9H17N3O4S. The molecule has 17 heavy (non-hydrogen) atoms. The monoisotopic (exact) mass is 263 g/mol. The molecule has 0 aromatic rings. The molecule has 0 aliphatic heterocycles. The molecule has 7 nitrogen and oxygen atoms in total. The third kappa shape index (κ3) is 7.58. The Balaban J connectivity index is 4.03. The van der Waals surface area contributed by atoms with Crippen molar-refractivity contribution in [1.29, 1.82) is 0 Å². The van der Waals surface area contributed by atoms with Crippen LogP contribution in [0.1, 0.15) is 6.42 Å². The summed E-state index contributed by atoms with van der Waals surface area (Å²) in [5, 5.41) is 13.4. The smallest absolute Gasteiger partial charge is 0.326 e. The van der Waals surface area contributed by atoms with Gasteiger partial charge < -0.3 is 21.5 Å². The third-order valence-corrected chi connectivity index (χ3v) is 2.52. The number of hydrogen-bond donors (Lipinski definition) is 4. The number of carbonyl (C=O) groups excluding carboxylic acids is 2. The summed E-state index contributed by atoms with van der Waals surface area (Å²) in [6.07, 6.45) is 2.19. The maximum atomic E-state index is 11.3. The molecule has 0 saturated carbocycles. The van der Waals surface area contributed by atoms with E-state index < -0.39 is 23.8 Å². The van der Waals surface area contributed by atoms with Gasteiger partial charge in [0.1, 0.15) is 6.04 Å². The summed E-state index contributed by atoms with van der Waals surface area (Å²) < 4.78 is 0. The highest BCUT2D eigenvalue weighted by Crippen LogP contribution is 2.00. The molecule has 98 valence electrons. The summed E-state index contributed by atoms with van der Waals surface area (Å²) in [6.45, 7) is -0.471. The van der Waals surface area contributed by atoms with Crippen molar-refractivity contribution in [3.63, 3.8) is 0 Å². The Kier molecular flexibility index (Phi) is 8.16. The van der Waals surface area contributed by atoms with Gasteiger partial charge in [-0.15, -0.1) is 0 Å². The quantitative estimate of drug-likeness (QED) is 0.418. The van der Waals surface area contributed by atoms with E-state index in [2.05, 4.69) is 10.6 Å². The summed E-state index contributed by atoms with van der Waals surface area (Å²) in [6, 6.07) is -0.926. The van der Waals surface area contributed by atoms with Crippen LogP contribution in [0.5, 0.6) is 0 Å². The van der Waals surface area contributed by atoms with Crippen LogP contribution in [0.3, 0.4) is 0 Å². The Labute approximate surface area is 104 Å². The molecule has 0 saturated heterocycles. The van der Waals surface area contributed by atoms with Crippen LogP contribution in [-0.2, 0) is 14.4 Å². The second kappa shape index (κ2) is 8.82. The number of carboxylic acid groups (broad SMARTS) is 1. The van der Waals surface area contributed by atoms with Gasteiger partial charge in [-0.05, 0) is 18.4 Å². The zero-order valence-corrected chi connectivity index (χ0v) is 10.4. The molecule has 0 heterocycles. The summed E-state index contributed by atoms with van der Waals surface area (Å²) in [5.74, 6) is -1.46. The molecule has 1 atom stereocenters. The van der Waals surface area contributed by atoms with E-state index in [-0.39, 0.29) is 13.1 Å². The average Bonchev–Trinajstić information content (AvgIpc) is 2.30. The number of aliphatic carboxylic acids is 1. The van der Waals surface area contributed by atoms with Crippen LogP contribution in [0, 0.1) is 0 Å². The van der Waals surface area contributed by atoms with Gasteiger partial charge in [0.2, 0.25) is 11.8 Å². The Morgan fingerprint density at radius 3 is 2.47 bits per heavy atom. The van der Waals surface area contributed by atoms with E-state index in [0.29, 0.717) is 12.2 Å². The second-order valence-corrected chi connectivity index (χ2v) is 4.21. The Morgan fingerprint density at radius 1 is 1.35 bits per heavy atom. The largest absolute Gasteiger partial charge is 0.480 e. The summed E-state index contributed by atoms with van der Waals surface area (Å²) in [7, 11) is 0. The molecular weight excluding hydrogens is 246 g/mol. The van der Waals surface area contributed by atoms with Crippen molar-refractivity contribution in [2.24, 2.45) is 5.73 Å². The predicted octanol–water partition coefficient (Wildman–Crippen LogP) is -1.62. The van der Waals surface area contributed by atoms with E-state index in [1.807, 2.05) is 6.26 Å². The van der Waals surface area contributed by atoms with Crippen LogP contribution in [0.4, 0.5) is 0 Å². The topological polar surface area (TPSA) is 122 Å².